The van der Waals surface area contributed by atoms with Crippen molar-refractivity contribution in [1.29, 1.82) is 0 Å². The number of hydrogen-bond donors (Lipinski definition) is 0. The number of carbonyl (C=O) groups is 2. The lowest BCUT2D eigenvalue weighted by Crippen LogP contribution is -2.31. The van der Waals surface area contributed by atoms with E-state index < -0.39 is 17.8 Å². The second-order valence-electron chi connectivity index (χ2n) is 6.34. The first-order valence-electron chi connectivity index (χ1n) is 8.61. The third-order valence-corrected chi connectivity index (χ3v) is 5.40. The van der Waals surface area contributed by atoms with Crippen LogP contribution in [0.2, 0.25) is 0 Å². The van der Waals surface area contributed by atoms with Crippen molar-refractivity contribution in [3.05, 3.63) is 38.1 Å². The molecular formula is C18H19BrFN2O4+. The average Bonchev–Trinajstić information content (AvgIpc) is 2.86. The van der Waals surface area contributed by atoms with Gasteiger partial charge in [0, 0.05) is 27.0 Å². The third kappa shape index (κ3) is 3.47. The van der Waals surface area contributed by atoms with Gasteiger partial charge in [-0.15, -0.1) is 0 Å². The molecule has 26 heavy (non-hydrogen) atoms. The predicted octanol–water partition coefficient (Wildman–Crippen LogP) is 3.45. The van der Waals surface area contributed by atoms with Crippen LogP contribution in [0.25, 0.3) is 0 Å². The summed E-state index contributed by atoms with van der Waals surface area (Å²) in [5.41, 5.74) is 1.55. The van der Waals surface area contributed by atoms with Crippen molar-refractivity contribution in [3.8, 4) is 0 Å². The zero-order chi connectivity index (χ0) is 18.8. The van der Waals surface area contributed by atoms with Crippen LogP contribution in [0, 0.1) is 4.91 Å². The van der Waals surface area contributed by atoms with Crippen LogP contribution in [0.5, 0.6) is 0 Å². The molecule has 0 aromatic carbocycles. The maximum atomic E-state index is 14.6. The number of allylic oxidation sites excluding steroid dienone is 4. The van der Waals surface area contributed by atoms with Crippen molar-refractivity contribution in [2.75, 3.05) is 13.2 Å². The fraction of sp³-hybridized carbons (Fsp3) is 0.500. The van der Waals surface area contributed by atoms with Crippen molar-refractivity contribution < 1.29 is 23.5 Å². The quantitative estimate of drug-likeness (QED) is 0.510. The largest absolute Gasteiger partial charge is 0.465 e. The highest BCUT2D eigenvalue weighted by Crippen LogP contribution is 2.39. The van der Waals surface area contributed by atoms with Crippen molar-refractivity contribution >= 4 is 33.4 Å². The topological polar surface area (TPSA) is 75.8 Å². The Labute approximate surface area is 158 Å². The molecule has 8 heteroatoms. The summed E-state index contributed by atoms with van der Waals surface area (Å²) < 4.78 is 20.4. The number of rotatable bonds is 4. The number of aliphatic imine (C=N–C) groups is 1. The lowest BCUT2D eigenvalue weighted by atomic mass is 9.90. The van der Waals surface area contributed by atoms with Crippen LogP contribution in [0.1, 0.15) is 39.0 Å². The summed E-state index contributed by atoms with van der Waals surface area (Å²) in [5.74, 6) is -1.40. The molecule has 3 rings (SSSR count). The summed E-state index contributed by atoms with van der Waals surface area (Å²) in [7, 11) is 0. The number of hydrogen-bond acceptors (Lipinski definition) is 5. The van der Waals surface area contributed by atoms with E-state index >= 15 is 0 Å². The van der Waals surface area contributed by atoms with E-state index in [0.717, 1.165) is 12.8 Å². The van der Waals surface area contributed by atoms with E-state index in [1.807, 2.05) is 0 Å². The van der Waals surface area contributed by atoms with E-state index in [2.05, 4.69) is 20.9 Å². The van der Waals surface area contributed by atoms with E-state index in [1.165, 1.54) is 6.08 Å². The first-order valence-corrected chi connectivity index (χ1v) is 9.41. The number of Topliss-reactive ketones (excluding diaryl/α,β-unsaturated/α-hetero) is 1. The van der Waals surface area contributed by atoms with Gasteiger partial charge in [0.15, 0.2) is 0 Å². The van der Waals surface area contributed by atoms with Gasteiger partial charge in [0.25, 0.3) is 6.04 Å². The number of esters is 1. The van der Waals surface area contributed by atoms with Gasteiger partial charge in [0.2, 0.25) is 11.5 Å². The van der Waals surface area contributed by atoms with Gasteiger partial charge in [0.1, 0.15) is 12.4 Å². The van der Waals surface area contributed by atoms with Gasteiger partial charge >= 0.3 is 5.97 Å². The first kappa shape index (κ1) is 18.8. The molecule has 0 aromatic rings. The summed E-state index contributed by atoms with van der Waals surface area (Å²) in [6.07, 6.45) is 4.04. The molecule has 0 N–H and O–H groups in total. The molecule has 1 unspecified atom stereocenters. The lowest BCUT2D eigenvalue weighted by molar-refractivity contribution is -0.512. The van der Waals surface area contributed by atoms with Gasteiger partial charge in [0.05, 0.1) is 23.5 Å². The van der Waals surface area contributed by atoms with Crippen LogP contribution in [0.15, 0.2) is 38.2 Å². The molecule has 0 aromatic heterocycles. The summed E-state index contributed by atoms with van der Waals surface area (Å²) in [6.45, 7) is 1.75. The molecule has 6 nitrogen and oxygen atoms in total. The minimum Gasteiger partial charge on any atom is -0.465 e. The standard InChI is InChI=1S/C18H19BrFN2O4/c1-2-26-16(23)9-21-14-7-11(13(20)8-12(14)19)17-18(24)10-5-3-4-6-15(10)22(17)25/h8,17H,2-7,9H2,1H3/q+1. The maximum absolute atomic E-state index is 14.6. The van der Waals surface area contributed by atoms with Gasteiger partial charge in [-0.1, -0.05) is 0 Å². The van der Waals surface area contributed by atoms with E-state index in [1.54, 1.807) is 6.92 Å². The summed E-state index contributed by atoms with van der Waals surface area (Å²) >= 11 is 3.23. The molecule has 2 aliphatic carbocycles. The monoisotopic (exact) mass is 425 g/mol. The molecule has 0 amide bonds. The zero-order valence-electron chi connectivity index (χ0n) is 14.4. The van der Waals surface area contributed by atoms with Crippen LogP contribution in [0.4, 0.5) is 4.39 Å². The minimum atomic E-state index is -1.16. The van der Waals surface area contributed by atoms with Crippen molar-refractivity contribution in [3.63, 3.8) is 0 Å². The van der Waals surface area contributed by atoms with Gasteiger partial charge in [-0.2, -0.15) is 0 Å². The average molecular weight is 426 g/mol. The Bertz CT molecular complexity index is 782. The molecule has 0 saturated carbocycles. The predicted molar refractivity (Wildman–Crippen MR) is 96.6 cm³/mol. The highest BCUT2D eigenvalue weighted by Gasteiger charge is 2.52. The molecule has 1 heterocycles. The van der Waals surface area contributed by atoms with Crippen molar-refractivity contribution in [2.45, 2.75) is 45.1 Å². The number of nitroso groups, excluding NO2 is 1. The van der Waals surface area contributed by atoms with Crippen LogP contribution in [-0.4, -0.2) is 41.4 Å². The smallest absolute Gasteiger partial charge is 0.327 e. The van der Waals surface area contributed by atoms with Gasteiger partial charge in [-0.05, 0) is 48.2 Å². The minimum absolute atomic E-state index is 0.00196. The molecule has 0 fully saturated rings. The molecular weight excluding hydrogens is 407 g/mol. The molecule has 138 valence electrons. The number of carbonyl (C=O) groups excluding carboxylic acids is 2. The van der Waals surface area contributed by atoms with E-state index in [4.69, 9.17) is 4.74 Å². The van der Waals surface area contributed by atoms with Crippen LogP contribution in [0.3, 0.4) is 0 Å². The Morgan fingerprint density at radius 3 is 2.85 bits per heavy atom. The van der Waals surface area contributed by atoms with Crippen LogP contribution < -0.4 is 0 Å². The molecule has 0 spiro atoms. The fourth-order valence-electron chi connectivity index (χ4n) is 3.49. The van der Waals surface area contributed by atoms with Crippen LogP contribution in [-0.2, 0) is 14.3 Å². The van der Waals surface area contributed by atoms with E-state index in [-0.39, 0.29) is 30.9 Å². The Kier molecular flexibility index (Phi) is 5.60. The summed E-state index contributed by atoms with van der Waals surface area (Å²) in [6, 6.07) is -1.16. The highest BCUT2D eigenvalue weighted by molar-refractivity contribution is 9.12. The molecule has 0 bridgehead atoms. The van der Waals surface area contributed by atoms with Crippen LogP contribution >= 0.6 is 15.9 Å². The Morgan fingerprint density at radius 2 is 2.15 bits per heavy atom. The first-order chi connectivity index (χ1) is 12.4. The number of nitrogens with zero attached hydrogens (tertiary/aromatic N) is 2. The Hall–Kier alpha value is -1.96. The normalized spacial score (nSPS) is 25.0. The molecule has 1 aliphatic heterocycles. The molecule has 0 radical (unpaired) electrons. The number of ketones is 1. The molecule has 0 saturated heterocycles. The van der Waals surface area contributed by atoms with Gasteiger partial charge < -0.3 is 4.74 Å². The van der Waals surface area contributed by atoms with E-state index in [0.29, 0.717) is 39.1 Å². The second-order valence-corrected chi connectivity index (χ2v) is 7.19. The maximum Gasteiger partial charge on any atom is 0.327 e. The molecule has 3 aliphatic rings. The van der Waals surface area contributed by atoms with Gasteiger partial charge in [-0.25, -0.2) is 4.39 Å². The van der Waals surface area contributed by atoms with Crippen molar-refractivity contribution in [1.82, 2.24) is 0 Å². The lowest BCUT2D eigenvalue weighted by Gasteiger charge is -2.16. The number of ether oxygens (including phenoxy) is 1. The van der Waals surface area contributed by atoms with Crippen molar-refractivity contribution in [2.24, 2.45) is 4.99 Å². The summed E-state index contributed by atoms with van der Waals surface area (Å²) in [4.78, 5) is 41.0. The SMILES string of the molecule is CCOC(=O)CN=C1CC(C2C(=O)C3=C(CCCC3)[N+]2=O)=C(F)C=C1Br. The van der Waals surface area contributed by atoms with E-state index in [9.17, 15) is 18.9 Å². The summed E-state index contributed by atoms with van der Waals surface area (Å²) in [5, 5.41) is 0. The number of halogens is 2. The Morgan fingerprint density at radius 1 is 1.42 bits per heavy atom. The van der Waals surface area contributed by atoms with Gasteiger partial charge in [-0.3, -0.25) is 14.6 Å². The second kappa shape index (κ2) is 7.73. The highest BCUT2D eigenvalue weighted by atomic mass is 79.9. The Balaban J connectivity index is 1.85. The molecule has 1 atom stereocenters. The fourth-order valence-corrected chi connectivity index (χ4v) is 3.95. The third-order valence-electron chi connectivity index (χ3n) is 4.71. The zero-order valence-corrected chi connectivity index (χ0v) is 16.0.